The maximum absolute atomic E-state index is 11.5. The second-order valence-electron chi connectivity index (χ2n) is 3.22. The van der Waals surface area contributed by atoms with E-state index in [4.69, 9.17) is 5.11 Å². The third-order valence-electron chi connectivity index (χ3n) is 1.67. The molecule has 0 aliphatic heterocycles. The Balaban J connectivity index is 4.67. The van der Waals surface area contributed by atoms with Crippen molar-refractivity contribution in [2.45, 2.75) is 13.3 Å². The van der Waals surface area contributed by atoms with Gasteiger partial charge in [0, 0.05) is 26.0 Å². The summed E-state index contributed by atoms with van der Waals surface area (Å²) in [6.07, 6.45) is 1.18. The highest BCUT2D eigenvalue weighted by Crippen LogP contribution is 2.05. The van der Waals surface area contributed by atoms with Crippen LogP contribution in [0.5, 0.6) is 0 Å². The molecule has 0 saturated heterocycles. The molecule has 0 rings (SSSR count). The molecule has 0 unspecified atom stereocenters. The number of hydrogen-bond acceptors (Lipinski definition) is 5. The van der Waals surface area contributed by atoms with Crippen LogP contribution in [-0.2, 0) is 19.9 Å². The zero-order chi connectivity index (χ0) is 12.1. The van der Waals surface area contributed by atoms with Crippen molar-refractivity contribution in [3.8, 4) is 0 Å². The third kappa shape index (κ3) is 6.08. The molecule has 0 radical (unpaired) electrons. The smallest absolute Gasteiger partial charge is 0.228 e. The maximum Gasteiger partial charge on any atom is 0.228 e. The number of sulfone groups is 1. The zero-order valence-electron chi connectivity index (χ0n) is 8.88. The first-order chi connectivity index (χ1) is 6.73. The number of aliphatic hydroxyl groups is 1. The summed E-state index contributed by atoms with van der Waals surface area (Å²) >= 11 is 0. The van der Waals surface area contributed by atoms with Crippen LogP contribution in [0.4, 0.5) is 0 Å². The molecule has 0 aliphatic carbocycles. The van der Waals surface area contributed by atoms with Crippen molar-refractivity contribution in [1.82, 2.24) is 4.31 Å². The third-order valence-corrected chi connectivity index (χ3v) is 5.81. The Bertz CT molecular complexity index is 372. The van der Waals surface area contributed by atoms with Gasteiger partial charge in [0.1, 0.15) is 0 Å². The molecule has 0 aromatic heterocycles. The van der Waals surface area contributed by atoms with Crippen LogP contribution in [-0.4, -0.2) is 57.3 Å². The van der Waals surface area contributed by atoms with Gasteiger partial charge in [-0.3, -0.25) is 0 Å². The standard InChI is InChI=1S/C7H17NO5S2/c1-3-8(5-4-6-9)15(12,13)7-14(2,10)11/h9H,3-7H2,1-2H3. The second-order valence-corrected chi connectivity index (χ2v) is 7.70. The topological polar surface area (TPSA) is 91.8 Å². The summed E-state index contributed by atoms with van der Waals surface area (Å²) in [6, 6.07) is 0. The van der Waals surface area contributed by atoms with Crippen molar-refractivity contribution in [3.05, 3.63) is 0 Å². The van der Waals surface area contributed by atoms with E-state index in [1.807, 2.05) is 0 Å². The van der Waals surface area contributed by atoms with Crippen molar-refractivity contribution >= 4 is 19.9 Å². The zero-order valence-corrected chi connectivity index (χ0v) is 10.5. The van der Waals surface area contributed by atoms with E-state index in [9.17, 15) is 16.8 Å². The molecule has 0 aromatic carbocycles. The summed E-state index contributed by atoms with van der Waals surface area (Å²) < 4.78 is 45.9. The fraction of sp³-hybridized carbons (Fsp3) is 1.00. The average Bonchev–Trinajstić information content (AvgIpc) is 2.00. The van der Waals surface area contributed by atoms with Crippen molar-refractivity contribution in [3.63, 3.8) is 0 Å². The van der Waals surface area contributed by atoms with Gasteiger partial charge in [0.25, 0.3) is 0 Å². The summed E-state index contributed by atoms with van der Waals surface area (Å²) in [5, 5.41) is 7.69. The molecule has 0 fully saturated rings. The predicted molar refractivity (Wildman–Crippen MR) is 57.6 cm³/mol. The van der Waals surface area contributed by atoms with Gasteiger partial charge in [-0.15, -0.1) is 0 Å². The first-order valence-electron chi connectivity index (χ1n) is 4.49. The van der Waals surface area contributed by atoms with Gasteiger partial charge in [-0.1, -0.05) is 6.92 Å². The van der Waals surface area contributed by atoms with Crippen LogP contribution in [0.15, 0.2) is 0 Å². The molecule has 0 heterocycles. The lowest BCUT2D eigenvalue weighted by molar-refractivity contribution is 0.271. The largest absolute Gasteiger partial charge is 0.396 e. The van der Waals surface area contributed by atoms with Crippen LogP contribution in [0.3, 0.4) is 0 Å². The summed E-state index contributed by atoms with van der Waals surface area (Å²) in [5.41, 5.74) is 0. The van der Waals surface area contributed by atoms with Gasteiger partial charge in [0.2, 0.25) is 10.0 Å². The molecule has 8 heteroatoms. The number of aliphatic hydroxyl groups excluding tert-OH is 1. The number of rotatable bonds is 7. The molecule has 15 heavy (non-hydrogen) atoms. The van der Waals surface area contributed by atoms with Gasteiger partial charge in [-0.25, -0.2) is 21.1 Å². The van der Waals surface area contributed by atoms with E-state index in [1.165, 1.54) is 0 Å². The quantitative estimate of drug-likeness (QED) is 0.634. The molecule has 0 atom stereocenters. The lowest BCUT2D eigenvalue weighted by atomic mass is 10.4. The minimum Gasteiger partial charge on any atom is -0.396 e. The summed E-state index contributed by atoms with van der Waals surface area (Å²) in [6.45, 7) is 1.85. The molecule has 1 N–H and O–H groups in total. The van der Waals surface area contributed by atoms with Gasteiger partial charge in [-0.05, 0) is 6.42 Å². The fourth-order valence-corrected chi connectivity index (χ4v) is 4.65. The lowest BCUT2D eigenvalue weighted by Gasteiger charge is -2.19. The molecule has 0 spiro atoms. The van der Waals surface area contributed by atoms with Gasteiger partial charge in [-0.2, -0.15) is 0 Å². The molecular weight excluding hydrogens is 242 g/mol. The van der Waals surface area contributed by atoms with Crippen LogP contribution in [0, 0.1) is 0 Å². The Morgan fingerprint density at radius 1 is 1.20 bits per heavy atom. The van der Waals surface area contributed by atoms with Gasteiger partial charge < -0.3 is 5.11 Å². The first-order valence-corrected chi connectivity index (χ1v) is 8.16. The molecule has 0 aromatic rings. The lowest BCUT2D eigenvalue weighted by Crippen LogP contribution is -2.36. The molecule has 0 aliphatic rings. The second kappa shape index (κ2) is 5.78. The van der Waals surface area contributed by atoms with Crippen LogP contribution in [0.1, 0.15) is 13.3 Å². The van der Waals surface area contributed by atoms with E-state index in [0.717, 1.165) is 10.6 Å². The van der Waals surface area contributed by atoms with Gasteiger partial charge in [0.05, 0.1) is 0 Å². The highest BCUT2D eigenvalue weighted by atomic mass is 32.3. The molecule has 0 saturated carbocycles. The Morgan fingerprint density at radius 3 is 2.07 bits per heavy atom. The Hall–Kier alpha value is -0.180. The normalized spacial score (nSPS) is 13.3. The van der Waals surface area contributed by atoms with E-state index in [0.29, 0.717) is 6.42 Å². The minimum absolute atomic E-state index is 0.120. The first kappa shape index (κ1) is 14.8. The van der Waals surface area contributed by atoms with E-state index < -0.39 is 24.9 Å². The van der Waals surface area contributed by atoms with Crippen LogP contribution < -0.4 is 0 Å². The Kier molecular flexibility index (Phi) is 5.71. The Morgan fingerprint density at radius 2 is 1.73 bits per heavy atom. The molecule has 6 nitrogen and oxygen atoms in total. The monoisotopic (exact) mass is 259 g/mol. The SMILES string of the molecule is CCN(CCCO)S(=O)(=O)CS(C)(=O)=O. The van der Waals surface area contributed by atoms with Crippen molar-refractivity contribution in [2.75, 3.05) is 31.0 Å². The van der Waals surface area contributed by atoms with E-state index in [-0.39, 0.29) is 19.7 Å². The van der Waals surface area contributed by atoms with Crippen molar-refractivity contribution in [1.29, 1.82) is 0 Å². The van der Waals surface area contributed by atoms with Gasteiger partial charge >= 0.3 is 0 Å². The molecule has 0 bridgehead atoms. The van der Waals surface area contributed by atoms with E-state index >= 15 is 0 Å². The highest BCUT2D eigenvalue weighted by molar-refractivity contribution is 8.06. The van der Waals surface area contributed by atoms with E-state index in [2.05, 4.69) is 0 Å². The van der Waals surface area contributed by atoms with Crippen molar-refractivity contribution in [2.24, 2.45) is 0 Å². The summed E-state index contributed by atoms with van der Waals surface area (Å²) in [5.74, 6) is 0. The molecule has 0 amide bonds. The molecular formula is C7H17NO5S2. The average molecular weight is 259 g/mol. The van der Waals surface area contributed by atoms with Gasteiger partial charge in [0.15, 0.2) is 14.9 Å². The van der Waals surface area contributed by atoms with E-state index in [1.54, 1.807) is 6.92 Å². The van der Waals surface area contributed by atoms with Crippen molar-refractivity contribution < 1.29 is 21.9 Å². The fourth-order valence-electron chi connectivity index (χ4n) is 1.09. The number of sulfonamides is 1. The minimum atomic E-state index is -3.77. The predicted octanol–water partition coefficient (Wildman–Crippen LogP) is -0.977. The highest BCUT2D eigenvalue weighted by Gasteiger charge is 2.24. The summed E-state index contributed by atoms with van der Waals surface area (Å²) in [7, 11) is -7.32. The molecule has 92 valence electrons. The Labute approximate surface area is 90.9 Å². The number of nitrogens with zero attached hydrogens (tertiary/aromatic N) is 1. The summed E-state index contributed by atoms with van der Waals surface area (Å²) in [4.78, 5) is 0. The maximum atomic E-state index is 11.5. The van der Waals surface area contributed by atoms with Crippen LogP contribution in [0.2, 0.25) is 0 Å². The van der Waals surface area contributed by atoms with Crippen LogP contribution >= 0.6 is 0 Å². The number of hydrogen-bond donors (Lipinski definition) is 1. The van der Waals surface area contributed by atoms with Crippen LogP contribution in [0.25, 0.3) is 0 Å².